The number of amides is 2. The highest BCUT2D eigenvalue weighted by Crippen LogP contribution is 2.21. The maximum atomic E-state index is 12.4. The maximum Gasteiger partial charge on any atom is 0.406 e. The van der Waals surface area contributed by atoms with Crippen LogP contribution in [0.4, 0.5) is 13.2 Å². The van der Waals surface area contributed by atoms with Crippen LogP contribution in [-0.2, 0) is 16.1 Å². The van der Waals surface area contributed by atoms with Gasteiger partial charge in [-0.1, -0.05) is 29.8 Å². The van der Waals surface area contributed by atoms with Gasteiger partial charge in [-0.3, -0.25) is 9.59 Å². The van der Waals surface area contributed by atoms with Crippen LogP contribution in [-0.4, -0.2) is 62.2 Å². The number of halogens is 3. The van der Waals surface area contributed by atoms with E-state index >= 15 is 0 Å². The highest BCUT2D eigenvalue weighted by Gasteiger charge is 2.38. The third-order valence-corrected chi connectivity index (χ3v) is 4.00. The Morgan fingerprint density at radius 2 is 2.00 bits per heavy atom. The molecule has 0 saturated carbocycles. The number of alkyl halides is 3. The van der Waals surface area contributed by atoms with E-state index in [2.05, 4.69) is 20.7 Å². The molecular formula is C16H17F3N6O2. The average molecular weight is 382 g/mol. The van der Waals surface area contributed by atoms with Crippen LogP contribution < -0.4 is 5.32 Å². The Hall–Kier alpha value is -2.98. The smallest absolute Gasteiger partial charge is 0.349 e. The lowest BCUT2D eigenvalue weighted by Crippen LogP contribution is -2.41. The van der Waals surface area contributed by atoms with Crippen molar-refractivity contribution in [3.8, 4) is 11.4 Å². The summed E-state index contributed by atoms with van der Waals surface area (Å²) in [6.07, 6.45) is -4.63. The summed E-state index contributed by atoms with van der Waals surface area (Å²) in [4.78, 5) is 25.5. The molecule has 0 spiro atoms. The fourth-order valence-corrected chi connectivity index (χ4v) is 2.77. The number of carbonyl (C=O) groups excluding carboxylic acids is 2. The van der Waals surface area contributed by atoms with Crippen LogP contribution in [0.2, 0.25) is 0 Å². The van der Waals surface area contributed by atoms with E-state index < -0.39 is 30.6 Å². The van der Waals surface area contributed by atoms with Crippen LogP contribution in [0, 0.1) is 6.92 Å². The van der Waals surface area contributed by atoms with Crippen molar-refractivity contribution in [1.29, 1.82) is 0 Å². The normalized spacial score (nSPS) is 17.4. The fourth-order valence-electron chi connectivity index (χ4n) is 2.77. The number of hydrogen-bond donors (Lipinski definition) is 1. The Kier molecular flexibility index (Phi) is 5.10. The zero-order chi connectivity index (χ0) is 19.6. The summed E-state index contributed by atoms with van der Waals surface area (Å²) in [7, 11) is 0. The molecule has 2 amide bonds. The van der Waals surface area contributed by atoms with Crippen molar-refractivity contribution >= 4 is 11.8 Å². The molecule has 2 aromatic rings. The largest absolute Gasteiger partial charge is 0.406 e. The van der Waals surface area contributed by atoms with Gasteiger partial charge in [-0.15, -0.1) is 10.2 Å². The number of rotatable bonds is 5. The first kappa shape index (κ1) is 18.8. The second-order valence-corrected chi connectivity index (χ2v) is 6.37. The second kappa shape index (κ2) is 7.33. The van der Waals surface area contributed by atoms with Crippen LogP contribution in [0.25, 0.3) is 11.4 Å². The predicted octanol–water partition coefficient (Wildman–Crippen LogP) is 0.928. The number of benzene rings is 1. The number of nitrogens with zero attached hydrogens (tertiary/aromatic N) is 5. The van der Waals surface area contributed by atoms with Gasteiger partial charge in [0, 0.05) is 18.5 Å². The van der Waals surface area contributed by atoms with Crippen LogP contribution >= 0.6 is 0 Å². The minimum Gasteiger partial charge on any atom is -0.349 e. The van der Waals surface area contributed by atoms with Crippen LogP contribution in [0.3, 0.4) is 0 Å². The van der Waals surface area contributed by atoms with Gasteiger partial charge in [-0.05, 0) is 12.1 Å². The molecule has 1 aliphatic heterocycles. The molecule has 27 heavy (non-hydrogen) atoms. The summed E-state index contributed by atoms with van der Waals surface area (Å²) < 4.78 is 37.2. The molecule has 2 heterocycles. The van der Waals surface area contributed by atoms with E-state index in [0.29, 0.717) is 10.7 Å². The molecule has 8 nitrogen and oxygen atoms in total. The lowest BCUT2D eigenvalue weighted by atomic mass is 10.1. The summed E-state index contributed by atoms with van der Waals surface area (Å²) in [6.45, 7) is 0.205. The van der Waals surface area contributed by atoms with Crippen LogP contribution in [0.15, 0.2) is 24.3 Å². The summed E-state index contributed by atoms with van der Waals surface area (Å²) in [5.74, 6) is -0.789. The quantitative estimate of drug-likeness (QED) is 0.831. The minimum atomic E-state index is -4.47. The Morgan fingerprint density at radius 1 is 1.30 bits per heavy atom. The van der Waals surface area contributed by atoms with E-state index in [4.69, 9.17) is 0 Å². The molecule has 144 valence electrons. The SMILES string of the molecule is Cc1ccc(-c2nnn(CC(=O)NC3CC(=O)N(CC(F)(F)F)C3)n2)cc1. The number of hydrogen-bond acceptors (Lipinski definition) is 5. The standard InChI is InChI=1S/C16H17F3N6O2/c1-10-2-4-11(5-3-10)15-21-23-25(22-15)8-13(26)20-12-6-14(27)24(7-12)9-16(17,18)19/h2-5,12H,6-9H2,1H3,(H,20,26). The molecule has 1 unspecified atom stereocenters. The van der Waals surface area contributed by atoms with Gasteiger partial charge in [-0.25, -0.2) is 0 Å². The molecule has 1 atom stereocenters. The second-order valence-electron chi connectivity index (χ2n) is 6.37. The summed E-state index contributed by atoms with van der Waals surface area (Å²) in [6, 6.07) is 6.78. The van der Waals surface area contributed by atoms with Gasteiger partial charge >= 0.3 is 6.18 Å². The van der Waals surface area contributed by atoms with Crippen LogP contribution in [0.1, 0.15) is 12.0 Å². The van der Waals surface area contributed by atoms with E-state index in [9.17, 15) is 22.8 Å². The molecule has 1 N–H and O–H groups in total. The Bertz CT molecular complexity index is 833. The number of nitrogens with one attached hydrogen (secondary N) is 1. The Labute approximate surface area is 152 Å². The zero-order valence-electron chi connectivity index (χ0n) is 14.4. The molecule has 0 bridgehead atoms. The van der Waals surface area contributed by atoms with E-state index in [1.54, 1.807) is 0 Å². The van der Waals surface area contributed by atoms with Gasteiger partial charge in [0.15, 0.2) is 0 Å². The topological polar surface area (TPSA) is 93.0 Å². The Balaban J connectivity index is 1.54. The molecular weight excluding hydrogens is 365 g/mol. The number of aryl methyl sites for hydroxylation is 1. The van der Waals surface area contributed by atoms with Crippen molar-refractivity contribution in [3.63, 3.8) is 0 Å². The molecule has 1 fully saturated rings. The third-order valence-electron chi connectivity index (χ3n) is 4.00. The van der Waals surface area contributed by atoms with Gasteiger partial charge in [0.25, 0.3) is 0 Å². The van der Waals surface area contributed by atoms with Gasteiger partial charge in [0.2, 0.25) is 17.6 Å². The van der Waals surface area contributed by atoms with Crippen molar-refractivity contribution in [3.05, 3.63) is 29.8 Å². The molecule has 1 saturated heterocycles. The van der Waals surface area contributed by atoms with Crippen molar-refractivity contribution in [2.24, 2.45) is 0 Å². The first-order valence-electron chi connectivity index (χ1n) is 8.18. The maximum absolute atomic E-state index is 12.4. The lowest BCUT2D eigenvalue weighted by Gasteiger charge is -2.18. The average Bonchev–Trinajstić information content (AvgIpc) is 3.14. The predicted molar refractivity (Wildman–Crippen MR) is 87.2 cm³/mol. The van der Waals surface area contributed by atoms with E-state index in [-0.39, 0.29) is 19.5 Å². The van der Waals surface area contributed by atoms with Crippen molar-refractivity contribution < 1.29 is 22.8 Å². The van der Waals surface area contributed by atoms with Crippen molar-refractivity contribution in [1.82, 2.24) is 30.4 Å². The monoisotopic (exact) mass is 382 g/mol. The lowest BCUT2D eigenvalue weighted by molar-refractivity contribution is -0.157. The molecule has 1 aliphatic rings. The van der Waals surface area contributed by atoms with Crippen LogP contribution in [0.5, 0.6) is 0 Å². The van der Waals surface area contributed by atoms with Gasteiger partial charge in [-0.2, -0.15) is 18.0 Å². The van der Waals surface area contributed by atoms with Gasteiger partial charge in [0.05, 0.1) is 6.04 Å². The number of likely N-dealkylation sites (tertiary alicyclic amines) is 1. The van der Waals surface area contributed by atoms with E-state index in [1.807, 2.05) is 31.2 Å². The first-order valence-corrected chi connectivity index (χ1v) is 8.18. The minimum absolute atomic E-state index is 0.165. The fraction of sp³-hybridized carbons (Fsp3) is 0.438. The number of tetrazole rings is 1. The highest BCUT2D eigenvalue weighted by atomic mass is 19.4. The molecule has 1 aromatic heterocycles. The highest BCUT2D eigenvalue weighted by molar-refractivity contribution is 5.82. The summed E-state index contributed by atoms with van der Waals surface area (Å²) >= 11 is 0. The molecule has 0 aliphatic carbocycles. The van der Waals surface area contributed by atoms with E-state index in [1.165, 1.54) is 0 Å². The van der Waals surface area contributed by atoms with Gasteiger partial charge < -0.3 is 10.2 Å². The van der Waals surface area contributed by atoms with E-state index in [0.717, 1.165) is 15.9 Å². The molecule has 3 rings (SSSR count). The number of carbonyl (C=O) groups is 2. The third kappa shape index (κ3) is 5.02. The first-order chi connectivity index (χ1) is 12.7. The molecule has 1 aromatic carbocycles. The Morgan fingerprint density at radius 3 is 2.67 bits per heavy atom. The summed E-state index contributed by atoms with van der Waals surface area (Å²) in [5.41, 5.74) is 1.83. The molecule has 11 heteroatoms. The summed E-state index contributed by atoms with van der Waals surface area (Å²) in [5, 5.41) is 14.3. The zero-order valence-corrected chi connectivity index (χ0v) is 14.4. The molecule has 0 radical (unpaired) electrons. The van der Waals surface area contributed by atoms with Gasteiger partial charge in [0.1, 0.15) is 13.1 Å². The number of aromatic nitrogens is 4. The van der Waals surface area contributed by atoms with Crippen molar-refractivity contribution in [2.75, 3.05) is 13.1 Å². The van der Waals surface area contributed by atoms with Crippen molar-refractivity contribution in [2.45, 2.75) is 32.1 Å².